The summed E-state index contributed by atoms with van der Waals surface area (Å²) in [6, 6.07) is 10.2. The molecule has 0 aliphatic carbocycles. The number of anilines is 1. The van der Waals surface area contributed by atoms with Gasteiger partial charge in [-0.25, -0.2) is 0 Å². The van der Waals surface area contributed by atoms with E-state index >= 15 is 0 Å². The lowest BCUT2D eigenvalue weighted by Crippen LogP contribution is -2.34. The number of carbonyl (C=O) groups excluding carboxylic acids is 2. The fraction of sp³-hybridized carbons (Fsp3) is 0.190. The van der Waals surface area contributed by atoms with Crippen LogP contribution in [0.4, 0.5) is 18.9 Å². The van der Waals surface area contributed by atoms with Crippen LogP contribution in [-0.4, -0.2) is 40.1 Å². The minimum absolute atomic E-state index is 0.0832. The van der Waals surface area contributed by atoms with Crippen molar-refractivity contribution in [1.29, 1.82) is 0 Å². The van der Waals surface area contributed by atoms with Gasteiger partial charge in [0.05, 0.1) is 35.4 Å². The maximum atomic E-state index is 13.0. The maximum absolute atomic E-state index is 13.0. The van der Waals surface area contributed by atoms with Crippen LogP contribution in [0.2, 0.25) is 10.0 Å². The van der Waals surface area contributed by atoms with Crippen molar-refractivity contribution in [3.05, 3.63) is 81.6 Å². The van der Waals surface area contributed by atoms with E-state index in [1.165, 1.54) is 30.2 Å². The average molecular weight is 485 g/mol. The molecule has 0 aliphatic heterocycles. The number of carbonyl (C=O) groups is 2. The molecule has 1 heterocycles. The standard InChI is InChI=1S/C21H17Cl2F3N4O2/c1-29(12-19(31)28-15-6-7-18(23)16(8-15)21(24,25)26)20(32)14-9-27-30(11-14)10-13-4-2-3-5-17(13)22/h2-9,11H,10,12H2,1H3,(H,28,31). The third-order valence-electron chi connectivity index (χ3n) is 4.45. The average Bonchev–Trinajstić information content (AvgIpc) is 3.18. The lowest BCUT2D eigenvalue weighted by atomic mass is 10.2. The first-order chi connectivity index (χ1) is 15.0. The molecule has 3 aromatic rings. The third kappa shape index (κ3) is 5.80. The SMILES string of the molecule is CN(CC(=O)Nc1ccc(Cl)c(C(F)(F)F)c1)C(=O)c1cnn(Cc2ccccc2Cl)c1. The Kier molecular flexibility index (Phi) is 7.10. The Bertz CT molecular complexity index is 1150. The lowest BCUT2D eigenvalue weighted by molar-refractivity contribution is -0.137. The van der Waals surface area contributed by atoms with Crippen LogP contribution < -0.4 is 5.32 Å². The van der Waals surface area contributed by atoms with Crippen LogP contribution in [0.25, 0.3) is 0 Å². The lowest BCUT2D eigenvalue weighted by Gasteiger charge is -2.16. The number of halogens is 5. The molecule has 3 rings (SSSR count). The van der Waals surface area contributed by atoms with E-state index in [1.54, 1.807) is 12.1 Å². The van der Waals surface area contributed by atoms with Crippen molar-refractivity contribution in [2.75, 3.05) is 18.9 Å². The van der Waals surface area contributed by atoms with Gasteiger partial charge in [-0.2, -0.15) is 18.3 Å². The van der Waals surface area contributed by atoms with Crippen LogP contribution in [-0.2, 0) is 17.5 Å². The molecule has 0 saturated heterocycles. The Hall–Kier alpha value is -3.04. The van der Waals surface area contributed by atoms with Gasteiger partial charge in [0.2, 0.25) is 5.91 Å². The Morgan fingerprint density at radius 3 is 2.53 bits per heavy atom. The molecular weight excluding hydrogens is 468 g/mol. The van der Waals surface area contributed by atoms with E-state index in [2.05, 4.69) is 10.4 Å². The summed E-state index contributed by atoms with van der Waals surface area (Å²) in [5, 5.41) is 6.57. The second kappa shape index (κ2) is 9.62. The van der Waals surface area contributed by atoms with Gasteiger partial charge in [0, 0.05) is 24.0 Å². The minimum atomic E-state index is -4.66. The van der Waals surface area contributed by atoms with Gasteiger partial charge in [-0.3, -0.25) is 14.3 Å². The third-order valence-corrected chi connectivity index (χ3v) is 5.15. The Labute approximate surface area is 191 Å². The monoisotopic (exact) mass is 484 g/mol. The summed E-state index contributed by atoms with van der Waals surface area (Å²) in [6.45, 7) is -0.0201. The van der Waals surface area contributed by atoms with E-state index < -0.39 is 28.6 Å². The molecule has 0 spiro atoms. The van der Waals surface area contributed by atoms with Gasteiger partial charge in [-0.1, -0.05) is 41.4 Å². The van der Waals surface area contributed by atoms with Crippen LogP contribution in [0.5, 0.6) is 0 Å². The van der Waals surface area contributed by atoms with Gasteiger partial charge in [-0.15, -0.1) is 0 Å². The van der Waals surface area contributed by atoms with Crippen molar-refractivity contribution in [2.45, 2.75) is 12.7 Å². The smallest absolute Gasteiger partial charge is 0.332 e. The molecule has 6 nitrogen and oxygen atoms in total. The van der Waals surface area contributed by atoms with Crippen molar-refractivity contribution in [2.24, 2.45) is 0 Å². The number of aromatic nitrogens is 2. The van der Waals surface area contributed by atoms with E-state index in [-0.39, 0.29) is 17.8 Å². The van der Waals surface area contributed by atoms with E-state index in [1.807, 2.05) is 12.1 Å². The molecule has 32 heavy (non-hydrogen) atoms. The largest absolute Gasteiger partial charge is 0.417 e. The molecule has 168 valence electrons. The van der Waals surface area contributed by atoms with Crippen LogP contribution >= 0.6 is 23.2 Å². The second-order valence-corrected chi connectivity index (χ2v) is 7.73. The number of nitrogens with one attached hydrogen (secondary N) is 1. The first-order valence-corrected chi connectivity index (χ1v) is 9.98. The van der Waals surface area contributed by atoms with Crippen LogP contribution in [0.3, 0.4) is 0 Å². The van der Waals surface area contributed by atoms with Crippen molar-refractivity contribution in [1.82, 2.24) is 14.7 Å². The zero-order valence-electron chi connectivity index (χ0n) is 16.7. The van der Waals surface area contributed by atoms with Gasteiger partial charge in [0.15, 0.2) is 0 Å². The van der Waals surface area contributed by atoms with Gasteiger partial charge in [0.1, 0.15) is 0 Å². The van der Waals surface area contributed by atoms with Crippen LogP contribution in [0.1, 0.15) is 21.5 Å². The Morgan fingerprint density at radius 2 is 1.84 bits per heavy atom. The van der Waals surface area contributed by atoms with Crippen LogP contribution in [0, 0.1) is 0 Å². The highest BCUT2D eigenvalue weighted by Gasteiger charge is 2.33. The molecular formula is C21H17Cl2F3N4O2. The topological polar surface area (TPSA) is 67.2 Å². The summed E-state index contributed by atoms with van der Waals surface area (Å²) in [4.78, 5) is 26.0. The molecule has 0 radical (unpaired) electrons. The van der Waals surface area contributed by atoms with Crippen LogP contribution in [0.15, 0.2) is 54.9 Å². The molecule has 2 aromatic carbocycles. The highest BCUT2D eigenvalue weighted by atomic mass is 35.5. The van der Waals surface area contributed by atoms with Gasteiger partial charge in [-0.05, 0) is 29.8 Å². The predicted octanol–water partition coefficient (Wildman–Crippen LogP) is 4.97. The normalized spacial score (nSPS) is 11.3. The number of benzene rings is 2. The number of nitrogens with zero attached hydrogens (tertiary/aromatic N) is 3. The molecule has 0 saturated carbocycles. The highest BCUT2D eigenvalue weighted by Crippen LogP contribution is 2.36. The second-order valence-electron chi connectivity index (χ2n) is 6.92. The minimum Gasteiger partial charge on any atom is -0.332 e. The first kappa shape index (κ1) is 23.6. The summed E-state index contributed by atoms with van der Waals surface area (Å²) in [6.07, 6.45) is -1.77. The van der Waals surface area contributed by atoms with E-state index in [0.717, 1.165) is 22.6 Å². The first-order valence-electron chi connectivity index (χ1n) is 9.22. The van der Waals surface area contributed by atoms with Crippen molar-refractivity contribution in [3.63, 3.8) is 0 Å². The fourth-order valence-corrected chi connectivity index (χ4v) is 3.31. The molecule has 2 amide bonds. The molecule has 11 heteroatoms. The number of alkyl halides is 3. The van der Waals surface area contributed by atoms with Crippen molar-refractivity contribution in [3.8, 4) is 0 Å². The molecule has 1 N–H and O–H groups in total. The summed E-state index contributed by atoms with van der Waals surface area (Å²) < 4.78 is 40.4. The van der Waals surface area contributed by atoms with E-state index in [0.29, 0.717) is 11.6 Å². The van der Waals surface area contributed by atoms with E-state index in [9.17, 15) is 22.8 Å². The summed E-state index contributed by atoms with van der Waals surface area (Å²) in [5.41, 5.74) is -0.0733. The molecule has 0 unspecified atom stereocenters. The summed E-state index contributed by atoms with van der Waals surface area (Å²) in [5.74, 6) is -1.14. The molecule has 0 fully saturated rings. The van der Waals surface area contributed by atoms with E-state index in [4.69, 9.17) is 23.2 Å². The quantitative estimate of drug-likeness (QED) is 0.537. The fourth-order valence-electron chi connectivity index (χ4n) is 2.89. The zero-order chi connectivity index (χ0) is 23.5. The number of likely N-dealkylation sites (N-methyl/N-ethyl adjacent to an activating group) is 1. The maximum Gasteiger partial charge on any atom is 0.417 e. The highest BCUT2D eigenvalue weighted by molar-refractivity contribution is 6.31. The van der Waals surface area contributed by atoms with Crippen molar-refractivity contribution < 1.29 is 22.8 Å². The van der Waals surface area contributed by atoms with Gasteiger partial charge >= 0.3 is 6.18 Å². The number of rotatable bonds is 6. The predicted molar refractivity (Wildman–Crippen MR) is 115 cm³/mol. The molecule has 0 bridgehead atoms. The Morgan fingerprint density at radius 1 is 1.12 bits per heavy atom. The van der Waals surface area contributed by atoms with Gasteiger partial charge in [0.25, 0.3) is 5.91 Å². The zero-order valence-corrected chi connectivity index (χ0v) is 18.2. The molecule has 0 atom stereocenters. The van der Waals surface area contributed by atoms with Crippen molar-refractivity contribution >= 4 is 40.7 Å². The number of hydrogen-bond donors (Lipinski definition) is 1. The Balaban J connectivity index is 1.62. The number of hydrogen-bond acceptors (Lipinski definition) is 3. The summed E-state index contributed by atoms with van der Waals surface area (Å²) in [7, 11) is 1.40. The molecule has 0 aliphatic rings. The number of amides is 2. The summed E-state index contributed by atoms with van der Waals surface area (Å²) >= 11 is 11.7. The van der Waals surface area contributed by atoms with Gasteiger partial charge < -0.3 is 10.2 Å². The molecule has 1 aromatic heterocycles.